The van der Waals surface area contributed by atoms with Crippen LogP contribution >= 0.6 is 0 Å². The van der Waals surface area contributed by atoms with Gasteiger partial charge in [-0.3, -0.25) is 0 Å². The Kier molecular flexibility index (Phi) is 4.32. The van der Waals surface area contributed by atoms with Gasteiger partial charge in [-0.05, 0) is 25.0 Å². The molecule has 23 heavy (non-hydrogen) atoms. The first kappa shape index (κ1) is 15.9. The van der Waals surface area contributed by atoms with Gasteiger partial charge in [0.2, 0.25) is 15.9 Å². The number of aromatic nitrogens is 1. The number of pyridine rings is 1. The summed E-state index contributed by atoms with van der Waals surface area (Å²) in [7, 11) is -2.27. The highest BCUT2D eigenvalue weighted by atomic mass is 32.2. The van der Waals surface area contributed by atoms with Crippen molar-refractivity contribution in [1.29, 1.82) is 0 Å². The molecule has 0 saturated heterocycles. The first-order valence-electron chi connectivity index (χ1n) is 7.27. The zero-order valence-electron chi connectivity index (χ0n) is 12.6. The zero-order chi connectivity index (χ0) is 16.4. The number of methoxy groups -OCH3 is 1. The first-order chi connectivity index (χ1) is 11.0. The monoisotopic (exact) mass is 336 g/mol. The lowest BCUT2D eigenvalue weighted by Crippen LogP contribution is -2.33. The van der Waals surface area contributed by atoms with Crippen LogP contribution in [0.5, 0.6) is 5.88 Å². The summed E-state index contributed by atoms with van der Waals surface area (Å²) in [5, 5.41) is 0. The van der Waals surface area contributed by atoms with E-state index in [0.29, 0.717) is 11.4 Å². The largest absolute Gasteiger partial charge is 0.481 e. The molecule has 1 saturated carbocycles. The molecule has 1 aliphatic carbocycles. The molecule has 0 spiro atoms. The Balaban J connectivity index is 1.92. The second-order valence-electron chi connectivity index (χ2n) is 5.41. The molecule has 0 amide bonds. The van der Waals surface area contributed by atoms with Crippen LogP contribution in [0.2, 0.25) is 0 Å². The van der Waals surface area contributed by atoms with E-state index in [1.807, 2.05) is 0 Å². The smallest absolute Gasteiger partial charge is 0.245 e. The summed E-state index contributed by atoms with van der Waals surface area (Å²) in [5.74, 6) is -0.0581. The molecular weight excluding hydrogens is 319 g/mol. The zero-order valence-corrected chi connectivity index (χ0v) is 13.5. The van der Waals surface area contributed by atoms with Crippen LogP contribution in [-0.2, 0) is 16.6 Å². The van der Waals surface area contributed by atoms with Crippen LogP contribution in [0.1, 0.15) is 18.4 Å². The van der Waals surface area contributed by atoms with E-state index in [1.54, 1.807) is 18.2 Å². The van der Waals surface area contributed by atoms with Crippen molar-refractivity contribution < 1.29 is 17.5 Å². The van der Waals surface area contributed by atoms with E-state index < -0.39 is 15.8 Å². The molecule has 1 aliphatic rings. The molecule has 7 heteroatoms. The summed E-state index contributed by atoms with van der Waals surface area (Å²) in [6.45, 7) is 0.0195. The minimum absolute atomic E-state index is 0.0195. The molecule has 3 rings (SSSR count). The maximum atomic E-state index is 13.9. The van der Waals surface area contributed by atoms with Crippen LogP contribution in [0.15, 0.2) is 47.5 Å². The number of benzene rings is 1. The third-order valence-electron chi connectivity index (χ3n) is 3.76. The number of rotatable bonds is 6. The first-order valence-corrected chi connectivity index (χ1v) is 8.71. The van der Waals surface area contributed by atoms with Gasteiger partial charge in [-0.15, -0.1) is 0 Å². The highest BCUT2D eigenvalue weighted by molar-refractivity contribution is 7.89. The van der Waals surface area contributed by atoms with Crippen molar-refractivity contribution in [2.45, 2.75) is 30.3 Å². The highest BCUT2D eigenvalue weighted by Crippen LogP contribution is 2.33. The van der Waals surface area contributed by atoms with Crippen LogP contribution in [0.3, 0.4) is 0 Å². The average Bonchev–Trinajstić information content (AvgIpc) is 3.38. The molecule has 1 heterocycles. The number of ether oxygens (including phenoxy) is 1. The summed E-state index contributed by atoms with van der Waals surface area (Å²) in [6, 6.07) is 9.10. The number of halogens is 1. The van der Waals surface area contributed by atoms with Gasteiger partial charge >= 0.3 is 0 Å². The van der Waals surface area contributed by atoms with Gasteiger partial charge in [-0.2, -0.15) is 4.31 Å². The van der Waals surface area contributed by atoms with Gasteiger partial charge in [-0.1, -0.05) is 18.2 Å². The van der Waals surface area contributed by atoms with E-state index in [0.717, 1.165) is 12.8 Å². The summed E-state index contributed by atoms with van der Waals surface area (Å²) in [6.07, 6.45) is 2.85. The van der Waals surface area contributed by atoms with Crippen molar-refractivity contribution in [3.8, 4) is 5.88 Å². The standard InChI is InChI=1S/C16H17FN2O3S/c1-22-16-9-8-14(10-18-16)23(20,21)19(13-6-7-13)11-12-4-2-3-5-15(12)17/h2-5,8-10,13H,6-7,11H2,1H3. The molecule has 0 atom stereocenters. The lowest BCUT2D eigenvalue weighted by molar-refractivity contribution is 0.388. The molecule has 5 nitrogen and oxygen atoms in total. The van der Waals surface area contributed by atoms with Gasteiger partial charge in [-0.25, -0.2) is 17.8 Å². The SMILES string of the molecule is COc1ccc(S(=O)(=O)N(Cc2ccccc2F)C2CC2)cn1. The summed E-state index contributed by atoms with van der Waals surface area (Å²) in [5.41, 5.74) is 0.365. The van der Waals surface area contributed by atoms with Crippen LogP contribution in [0, 0.1) is 5.82 Å². The van der Waals surface area contributed by atoms with Crippen LogP contribution in [0.4, 0.5) is 4.39 Å². The van der Waals surface area contributed by atoms with Gasteiger partial charge in [0.25, 0.3) is 0 Å². The molecule has 0 unspecified atom stereocenters. The van der Waals surface area contributed by atoms with Gasteiger partial charge in [0.05, 0.1) is 13.3 Å². The minimum atomic E-state index is -3.73. The van der Waals surface area contributed by atoms with E-state index in [2.05, 4.69) is 4.98 Å². The molecular formula is C16H17FN2O3S. The second-order valence-corrected chi connectivity index (χ2v) is 7.30. The Hall–Kier alpha value is -1.99. The van der Waals surface area contributed by atoms with Crippen molar-refractivity contribution >= 4 is 10.0 Å². The van der Waals surface area contributed by atoms with E-state index >= 15 is 0 Å². The fourth-order valence-electron chi connectivity index (χ4n) is 2.34. The van der Waals surface area contributed by atoms with Gasteiger partial charge in [0, 0.05) is 24.2 Å². The topological polar surface area (TPSA) is 59.5 Å². The molecule has 0 N–H and O–H groups in total. The van der Waals surface area contributed by atoms with E-state index in [1.165, 1.54) is 35.8 Å². The number of sulfonamides is 1. The van der Waals surface area contributed by atoms with Crippen molar-refractivity contribution in [2.24, 2.45) is 0 Å². The lowest BCUT2D eigenvalue weighted by Gasteiger charge is -2.22. The van der Waals surface area contributed by atoms with E-state index in [-0.39, 0.29) is 17.5 Å². The maximum Gasteiger partial charge on any atom is 0.245 e. The Morgan fingerprint density at radius 2 is 2.00 bits per heavy atom. The lowest BCUT2D eigenvalue weighted by atomic mass is 10.2. The Labute approximate surface area is 134 Å². The Morgan fingerprint density at radius 1 is 1.26 bits per heavy atom. The molecule has 0 aliphatic heterocycles. The maximum absolute atomic E-state index is 13.9. The summed E-state index contributed by atoms with van der Waals surface area (Å²) < 4.78 is 45.9. The average molecular weight is 336 g/mol. The summed E-state index contributed by atoms with van der Waals surface area (Å²) >= 11 is 0. The second kappa shape index (κ2) is 6.25. The fourth-order valence-corrected chi connectivity index (χ4v) is 3.95. The van der Waals surface area contributed by atoms with Crippen molar-refractivity contribution in [1.82, 2.24) is 9.29 Å². The number of hydrogen-bond acceptors (Lipinski definition) is 4. The fraction of sp³-hybridized carbons (Fsp3) is 0.312. The van der Waals surface area contributed by atoms with Crippen LogP contribution < -0.4 is 4.74 Å². The van der Waals surface area contributed by atoms with Gasteiger partial charge in [0.15, 0.2) is 0 Å². The minimum Gasteiger partial charge on any atom is -0.481 e. The normalized spacial score (nSPS) is 14.9. The van der Waals surface area contributed by atoms with Crippen molar-refractivity contribution in [3.05, 3.63) is 54.0 Å². The van der Waals surface area contributed by atoms with Gasteiger partial charge in [0.1, 0.15) is 10.7 Å². The predicted octanol–water partition coefficient (Wildman–Crippen LogP) is 2.58. The molecule has 122 valence electrons. The van der Waals surface area contributed by atoms with Gasteiger partial charge < -0.3 is 4.74 Å². The van der Waals surface area contributed by atoms with E-state index in [4.69, 9.17) is 4.74 Å². The molecule has 2 aromatic rings. The third kappa shape index (κ3) is 3.35. The molecule has 1 fully saturated rings. The predicted molar refractivity (Wildman–Crippen MR) is 82.9 cm³/mol. The van der Waals surface area contributed by atoms with Crippen LogP contribution in [-0.4, -0.2) is 30.9 Å². The third-order valence-corrected chi connectivity index (χ3v) is 5.65. The van der Waals surface area contributed by atoms with E-state index in [9.17, 15) is 12.8 Å². The highest BCUT2D eigenvalue weighted by Gasteiger charge is 2.38. The molecule has 0 radical (unpaired) electrons. The number of hydrogen-bond donors (Lipinski definition) is 0. The van der Waals surface area contributed by atoms with Crippen LogP contribution in [0.25, 0.3) is 0 Å². The number of nitrogens with zero attached hydrogens (tertiary/aromatic N) is 2. The molecule has 0 bridgehead atoms. The molecule has 1 aromatic carbocycles. The van der Waals surface area contributed by atoms with Crippen molar-refractivity contribution in [3.63, 3.8) is 0 Å². The molecule has 1 aromatic heterocycles. The quantitative estimate of drug-likeness (QED) is 0.813. The summed E-state index contributed by atoms with van der Waals surface area (Å²) in [4.78, 5) is 4.03. The Morgan fingerprint density at radius 3 is 2.57 bits per heavy atom. The Bertz CT molecular complexity index is 789. The van der Waals surface area contributed by atoms with Crippen molar-refractivity contribution in [2.75, 3.05) is 7.11 Å².